The molecule has 0 aliphatic heterocycles. The quantitative estimate of drug-likeness (QED) is 0.262. The highest BCUT2D eigenvalue weighted by Crippen LogP contribution is 2.28. The highest BCUT2D eigenvalue weighted by atomic mass is 79.9. The van der Waals surface area contributed by atoms with E-state index >= 15 is 0 Å². The number of terminal acetylenes is 1. The van der Waals surface area contributed by atoms with Crippen LogP contribution in [-0.4, -0.2) is 24.4 Å². The zero-order valence-electron chi connectivity index (χ0n) is 11.4. The highest BCUT2D eigenvalue weighted by Gasteiger charge is 2.10. The van der Waals surface area contributed by atoms with Gasteiger partial charge in [0.05, 0.1) is 18.9 Å². The smallest absolute Gasteiger partial charge is 0.370 e. The third-order valence-corrected chi connectivity index (χ3v) is 2.90. The summed E-state index contributed by atoms with van der Waals surface area (Å²) in [6.07, 6.45) is 5.66. The Bertz CT molecular complexity index is 570. The molecule has 0 bridgehead atoms. The van der Waals surface area contributed by atoms with Crippen molar-refractivity contribution < 1.29 is 14.3 Å². The van der Waals surface area contributed by atoms with E-state index in [0.29, 0.717) is 24.5 Å². The van der Waals surface area contributed by atoms with E-state index in [0.717, 1.165) is 4.47 Å². The molecule has 1 N–H and O–H groups in total. The third-order valence-electron chi connectivity index (χ3n) is 2.16. The van der Waals surface area contributed by atoms with Gasteiger partial charge < -0.3 is 9.47 Å². The van der Waals surface area contributed by atoms with Gasteiger partial charge in [-0.3, -0.25) is 5.43 Å². The van der Waals surface area contributed by atoms with Crippen molar-refractivity contribution in [2.24, 2.45) is 5.10 Å². The maximum Gasteiger partial charge on any atom is 0.370 e. The van der Waals surface area contributed by atoms with Gasteiger partial charge in [-0.2, -0.15) is 5.10 Å². The number of nitrogens with one attached hydrogen (secondary N) is 1. The van der Waals surface area contributed by atoms with Gasteiger partial charge in [0.2, 0.25) is 5.17 Å². The van der Waals surface area contributed by atoms with E-state index in [9.17, 15) is 4.79 Å². The van der Waals surface area contributed by atoms with Crippen molar-refractivity contribution in [1.29, 1.82) is 0 Å². The number of rotatable bonds is 7. The summed E-state index contributed by atoms with van der Waals surface area (Å²) in [5.41, 5.74) is 3.21. The van der Waals surface area contributed by atoms with E-state index in [2.05, 4.69) is 32.4 Å². The maximum atomic E-state index is 11.3. The Labute approximate surface area is 136 Å². The maximum absolute atomic E-state index is 11.3. The topological polar surface area (TPSA) is 59.9 Å². The van der Waals surface area contributed by atoms with Crippen LogP contribution in [0.1, 0.15) is 13.3 Å². The van der Waals surface area contributed by atoms with Gasteiger partial charge >= 0.3 is 5.97 Å². The molecule has 7 heteroatoms. The second-order valence-corrected chi connectivity index (χ2v) is 4.95. The molecule has 112 valence electrons. The number of esters is 1. The zero-order valence-corrected chi connectivity index (χ0v) is 13.7. The molecule has 0 aromatic heterocycles. The molecule has 0 spiro atoms. The highest BCUT2D eigenvalue weighted by molar-refractivity contribution is 9.10. The molecule has 21 heavy (non-hydrogen) atoms. The molecular formula is C14H14BrClN2O3. The number of hydrogen-bond acceptors (Lipinski definition) is 5. The average molecular weight is 374 g/mol. The number of hydrogen-bond donors (Lipinski definition) is 1. The van der Waals surface area contributed by atoms with Gasteiger partial charge in [0.25, 0.3) is 0 Å². The minimum Gasteiger partial charge on any atom is -0.490 e. The lowest BCUT2D eigenvalue weighted by molar-refractivity contribution is -0.134. The molecule has 1 aromatic rings. The largest absolute Gasteiger partial charge is 0.490 e. The number of halogens is 2. The van der Waals surface area contributed by atoms with Crippen LogP contribution in [0, 0.1) is 12.3 Å². The summed E-state index contributed by atoms with van der Waals surface area (Å²) in [7, 11) is 0. The molecule has 0 fully saturated rings. The molecule has 0 aliphatic rings. The Hall–Kier alpha value is -1.71. The van der Waals surface area contributed by atoms with Crippen LogP contribution in [0.3, 0.4) is 0 Å². The molecular weight excluding hydrogens is 360 g/mol. The molecule has 1 aromatic carbocycles. The zero-order chi connectivity index (χ0) is 15.7. The Kier molecular flexibility index (Phi) is 7.65. The summed E-state index contributed by atoms with van der Waals surface area (Å²) in [6, 6.07) is 5.30. The van der Waals surface area contributed by atoms with Crippen molar-refractivity contribution in [3.05, 3.63) is 22.7 Å². The third kappa shape index (κ3) is 6.06. The van der Waals surface area contributed by atoms with Crippen molar-refractivity contribution in [2.75, 3.05) is 18.6 Å². The second-order valence-electron chi connectivity index (χ2n) is 3.68. The Balaban J connectivity index is 2.81. The van der Waals surface area contributed by atoms with E-state index in [1.165, 1.54) is 0 Å². The molecule has 0 atom stereocenters. The monoisotopic (exact) mass is 372 g/mol. The van der Waals surface area contributed by atoms with Crippen LogP contribution in [0.4, 0.5) is 5.69 Å². The van der Waals surface area contributed by atoms with Gasteiger partial charge in [0, 0.05) is 10.9 Å². The summed E-state index contributed by atoms with van der Waals surface area (Å²) in [5.74, 6) is 2.33. The van der Waals surface area contributed by atoms with Crippen LogP contribution in [0.2, 0.25) is 0 Å². The minimum atomic E-state index is -0.698. The number of nitrogens with zero attached hydrogens (tertiary/aromatic N) is 1. The lowest BCUT2D eigenvalue weighted by Gasteiger charge is -2.10. The van der Waals surface area contributed by atoms with Crippen molar-refractivity contribution >= 4 is 44.4 Å². The van der Waals surface area contributed by atoms with E-state index in [-0.39, 0.29) is 11.8 Å². The Morgan fingerprint density at radius 2 is 2.33 bits per heavy atom. The van der Waals surface area contributed by atoms with Crippen molar-refractivity contribution in [2.45, 2.75) is 13.3 Å². The first-order valence-electron chi connectivity index (χ1n) is 6.10. The van der Waals surface area contributed by atoms with E-state index in [4.69, 9.17) is 27.5 Å². The van der Waals surface area contributed by atoms with Gasteiger partial charge in [-0.15, -0.1) is 12.3 Å². The summed E-state index contributed by atoms with van der Waals surface area (Å²) in [4.78, 5) is 11.3. The van der Waals surface area contributed by atoms with Gasteiger partial charge in [-0.25, -0.2) is 4.79 Å². The molecule has 0 heterocycles. The number of ether oxygens (including phenoxy) is 2. The number of anilines is 1. The average Bonchev–Trinajstić information content (AvgIpc) is 2.47. The standard InChI is InChI=1S/C14H14BrClN2O3/c1-3-5-8-21-12-7-6-10(15)9-11(12)17-18-13(16)14(19)20-4-2/h1,6-7,9,17H,4-5,8H2,2H3. The summed E-state index contributed by atoms with van der Waals surface area (Å²) in [6.45, 7) is 2.28. The minimum absolute atomic E-state index is 0.224. The summed E-state index contributed by atoms with van der Waals surface area (Å²) < 4.78 is 11.1. The van der Waals surface area contributed by atoms with Crippen LogP contribution >= 0.6 is 27.5 Å². The first-order chi connectivity index (χ1) is 10.1. The number of carbonyl (C=O) groups excluding carboxylic acids is 1. The molecule has 0 unspecified atom stereocenters. The van der Waals surface area contributed by atoms with E-state index in [1.807, 2.05) is 6.07 Å². The normalized spacial score (nSPS) is 10.7. The first-order valence-corrected chi connectivity index (χ1v) is 7.27. The lowest BCUT2D eigenvalue weighted by Crippen LogP contribution is -2.13. The van der Waals surface area contributed by atoms with Crippen molar-refractivity contribution in [3.63, 3.8) is 0 Å². The van der Waals surface area contributed by atoms with Crippen LogP contribution in [-0.2, 0) is 9.53 Å². The molecule has 5 nitrogen and oxygen atoms in total. The molecule has 0 radical (unpaired) electrons. The predicted octanol–water partition coefficient (Wildman–Crippen LogP) is 3.38. The molecule has 0 saturated carbocycles. The molecule has 1 rings (SSSR count). The van der Waals surface area contributed by atoms with Gasteiger partial charge in [-0.05, 0) is 25.1 Å². The van der Waals surface area contributed by atoms with Gasteiger partial charge in [0.15, 0.2) is 0 Å². The number of benzene rings is 1. The van der Waals surface area contributed by atoms with Crippen LogP contribution < -0.4 is 10.2 Å². The Morgan fingerprint density at radius 3 is 3.00 bits per heavy atom. The first kappa shape index (κ1) is 17.3. The van der Waals surface area contributed by atoms with E-state index in [1.54, 1.807) is 19.1 Å². The fourth-order valence-electron chi connectivity index (χ4n) is 1.28. The van der Waals surface area contributed by atoms with Crippen molar-refractivity contribution in [3.8, 4) is 18.1 Å². The Morgan fingerprint density at radius 1 is 1.57 bits per heavy atom. The summed E-state index contributed by atoms with van der Waals surface area (Å²) in [5, 5.41) is 3.46. The van der Waals surface area contributed by atoms with Crippen LogP contribution in [0.15, 0.2) is 27.8 Å². The number of hydrazone groups is 1. The van der Waals surface area contributed by atoms with Gasteiger partial charge in [0.1, 0.15) is 5.75 Å². The van der Waals surface area contributed by atoms with Gasteiger partial charge in [-0.1, -0.05) is 27.5 Å². The van der Waals surface area contributed by atoms with Crippen LogP contribution in [0.5, 0.6) is 5.75 Å². The summed E-state index contributed by atoms with van der Waals surface area (Å²) >= 11 is 9.05. The van der Waals surface area contributed by atoms with E-state index < -0.39 is 5.97 Å². The fourth-order valence-corrected chi connectivity index (χ4v) is 1.74. The fraction of sp³-hybridized carbons (Fsp3) is 0.286. The van der Waals surface area contributed by atoms with Crippen molar-refractivity contribution in [1.82, 2.24) is 0 Å². The van der Waals surface area contributed by atoms with Crippen LogP contribution in [0.25, 0.3) is 0 Å². The number of carbonyl (C=O) groups is 1. The lowest BCUT2D eigenvalue weighted by atomic mass is 10.3. The molecule has 0 aliphatic carbocycles. The molecule has 0 saturated heterocycles. The molecule has 0 amide bonds. The second kappa shape index (κ2) is 9.27. The SMILES string of the molecule is C#CCCOc1ccc(Br)cc1NN=C(Cl)C(=O)OCC. The predicted molar refractivity (Wildman–Crippen MR) is 86.6 cm³/mol.